The zero-order valence-corrected chi connectivity index (χ0v) is 14.9. The van der Waals surface area contributed by atoms with Crippen LogP contribution in [0.3, 0.4) is 0 Å². The van der Waals surface area contributed by atoms with E-state index < -0.39 is 4.92 Å². The second-order valence-corrected chi connectivity index (χ2v) is 5.92. The highest BCUT2D eigenvalue weighted by atomic mass is 16.6. The molecule has 8 heteroatoms. The van der Waals surface area contributed by atoms with Crippen molar-refractivity contribution in [2.75, 3.05) is 10.6 Å². The summed E-state index contributed by atoms with van der Waals surface area (Å²) in [5.41, 5.74) is 1.12. The van der Waals surface area contributed by atoms with Crippen LogP contribution in [0.25, 0.3) is 0 Å². The van der Waals surface area contributed by atoms with Gasteiger partial charge < -0.3 is 10.6 Å². The number of anilines is 3. The van der Waals surface area contributed by atoms with Crippen molar-refractivity contribution in [3.63, 3.8) is 0 Å². The molecule has 8 nitrogen and oxygen atoms in total. The van der Waals surface area contributed by atoms with Crippen LogP contribution in [-0.2, 0) is 0 Å². The van der Waals surface area contributed by atoms with E-state index in [0.717, 1.165) is 6.07 Å². The molecule has 0 saturated carbocycles. The van der Waals surface area contributed by atoms with E-state index in [0.29, 0.717) is 16.9 Å². The molecule has 0 radical (unpaired) electrons. The molecule has 0 heterocycles. The minimum absolute atomic E-state index is 0.0223. The molecule has 0 bridgehead atoms. The van der Waals surface area contributed by atoms with Gasteiger partial charge in [-0.3, -0.25) is 14.9 Å². The highest BCUT2D eigenvalue weighted by Crippen LogP contribution is 2.31. The van der Waals surface area contributed by atoms with Crippen LogP contribution in [-0.4, -0.2) is 10.8 Å². The minimum atomic E-state index is -0.634. The molecule has 140 valence electrons. The van der Waals surface area contributed by atoms with Gasteiger partial charge >= 0.3 is 0 Å². The van der Waals surface area contributed by atoms with Crippen molar-refractivity contribution in [1.82, 2.24) is 0 Å². The molecule has 0 aromatic heterocycles. The standard InChI is InChI=1S/C21H13N5O3/c22-12-15-9-19(20(26(28)29)10-16(15)13-23)24-17-7-4-8-18(11-17)25-21(27)14-5-2-1-3-6-14/h1-11,24H,(H,25,27). The van der Waals surface area contributed by atoms with Gasteiger partial charge in [0, 0.05) is 23.0 Å². The Hall–Kier alpha value is -4.69. The Morgan fingerprint density at radius 1 is 0.897 bits per heavy atom. The second kappa shape index (κ2) is 8.33. The summed E-state index contributed by atoms with van der Waals surface area (Å²) in [5.74, 6) is -0.293. The van der Waals surface area contributed by atoms with Crippen molar-refractivity contribution < 1.29 is 9.72 Å². The van der Waals surface area contributed by atoms with Crippen LogP contribution < -0.4 is 10.6 Å². The zero-order valence-electron chi connectivity index (χ0n) is 14.9. The number of carbonyl (C=O) groups is 1. The average molecular weight is 383 g/mol. The van der Waals surface area contributed by atoms with Gasteiger partial charge in [0.1, 0.15) is 17.8 Å². The van der Waals surface area contributed by atoms with Gasteiger partial charge in [-0.15, -0.1) is 0 Å². The Balaban J connectivity index is 1.89. The Labute approximate surface area is 165 Å². The Bertz CT molecular complexity index is 1180. The molecule has 2 N–H and O–H groups in total. The Morgan fingerprint density at radius 2 is 1.55 bits per heavy atom. The second-order valence-electron chi connectivity index (χ2n) is 5.92. The van der Waals surface area contributed by atoms with Crippen LogP contribution in [0, 0.1) is 32.8 Å². The molecule has 3 aromatic carbocycles. The molecular formula is C21H13N5O3. The van der Waals surface area contributed by atoms with E-state index in [1.54, 1.807) is 60.7 Å². The summed E-state index contributed by atoms with van der Waals surface area (Å²) in [6, 6.07) is 21.2. The van der Waals surface area contributed by atoms with Crippen LogP contribution in [0.2, 0.25) is 0 Å². The lowest BCUT2D eigenvalue weighted by molar-refractivity contribution is -0.383. The fourth-order valence-corrected chi connectivity index (χ4v) is 2.65. The van der Waals surface area contributed by atoms with E-state index in [9.17, 15) is 20.2 Å². The number of hydrogen-bond acceptors (Lipinski definition) is 6. The number of carbonyl (C=O) groups excluding carboxylic acids is 1. The molecule has 0 atom stereocenters. The SMILES string of the molecule is N#Cc1cc(Nc2cccc(NC(=O)c3ccccc3)c2)c([N+](=O)[O-])cc1C#N. The minimum Gasteiger partial charge on any atom is -0.350 e. The maximum Gasteiger partial charge on any atom is 0.294 e. The predicted molar refractivity (Wildman–Crippen MR) is 107 cm³/mol. The Morgan fingerprint density at radius 3 is 2.21 bits per heavy atom. The number of rotatable bonds is 5. The molecule has 3 aromatic rings. The van der Waals surface area contributed by atoms with Gasteiger partial charge in [-0.1, -0.05) is 24.3 Å². The lowest BCUT2D eigenvalue weighted by atomic mass is 10.1. The van der Waals surface area contributed by atoms with Crippen molar-refractivity contribution in [3.8, 4) is 12.1 Å². The van der Waals surface area contributed by atoms with E-state index in [4.69, 9.17) is 5.26 Å². The first-order valence-corrected chi connectivity index (χ1v) is 8.38. The number of nitrogens with one attached hydrogen (secondary N) is 2. The molecule has 3 rings (SSSR count). The van der Waals surface area contributed by atoms with E-state index in [1.807, 2.05) is 6.07 Å². The van der Waals surface area contributed by atoms with Gasteiger partial charge in [-0.25, -0.2) is 0 Å². The summed E-state index contributed by atoms with van der Waals surface area (Å²) in [6.45, 7) is 0. The maximum atomic E-state index is 12.3. The predicted octanol–water partition coefficient (Wildman–Crippen LogP) is 4.33. The smallest absolute Gasteiger partial charge is 0.294 e. The number of amides is 1. The fraction of sp³-hybridized carbons (Fsp3) is 0. The summed E-state index contributed by atoms with van der Waals surface area (Å²) in [7, 11) is 0. The van der Waals surface area contributed by atoms with E-state index in [1.165, 1.54) is 6.07 Å². The highest BCUT2D eigenvalue weighted by molar-refractivity contribution is 6.04. The average Bonchev–Trinajstić information content (AvgIpc) is 2.74. The van der Waals surface area contributed by atoms with Gasteiger partial charge in [0.15, 0.2) is 0 Å². The van der Waals surface area contributed by atoms with Crippen molar-refractivity contribution in [3.05, 3.63) is 93.5 Å². The lowest BCUT2D eigenvalue weighted by Gasteiger charge is -2.11. The van der Waals surface area contributed by atoms with Crippen LogP contribution in [0.5, 0.6) is 0 Å². The molecule has 29 heavy (non-hydrogen) atoms. The van der Waals surface area contributed by atoms with Crippen molar-refractivity contribution in [2.45, 2.75) is 0 Å². The van der Waals surface area contributed by atoms with Gasteiger partial charge in [-0.05, 0) is 36.4 Å². The first-order valence-electron chi connectivity index (χ1n) is 8.38. The van der Waals surface area contributed by atoms with Crippen LogP contribution >= 0.6 is 0 Å². The highest BCUT2D eigenvalue weighted by Gasteiger charge is 2.19. The molecular weight excluding hydrogens is 370 g/mol. The molecule has 0 fully saturated rings. The third-order valence-corrected chi connectivity index (χ3v) is 4.01. The topological polar surface area (TPSA) is 132 Å². The summed E-state index contributed by atoms with van der Waals surface area (Å²) in [5, 5.41) is 35.2. The van der Waals surface area contributed by atoms with Gasteiger partial charge in [0.25, 0.3) is 11.6 Å². The van der Waals surface area contributed by atoms with Crippen molar-refractivity contribution >= 4 is 28.7 Å². The van der Waals surface area contributed by atoms with Crippen molar-refractivity contribution in [1.29, 1.82) is 10.5 Å². The van der Waals surface area contributed by atoms with Gasteiger partial charge in [0.05, 0.1) is 16.1 Å². The normalized spacial score (nSPS) is 9.72. The number of nitrogens with zero attached hydrogens (tertiary/aromatic N) is 3. The summed E-state index contributed by atoms with van der Waals surface area (Å²) >= 11 is 0. The van der Waals surface area contributed by atoms with Gasteiger partial charge in [-0.2, -0.15) is 10.5 Å². The zero-order chi connectivity index (χ0) is 20.8. The van der Waals surface area contributed by atoms with Crippen LogP contribution in [0.4, 0.5) is 22.7 Å². The quantitative estimate of drug-likeness (QED) is 0.498. The van der Waals surface area contributed by atoms with Crippen LogP contribution in [0.1, 0.15) is 21.5 Å². The third kappa shape index (κ3) is 4.35. The number of nitro benzene ring substituents is 1. The van der Waals surface area contributed by atoms with E-state index in [2.05, 4.69) is 10.6 Å². The summed E-state index contributed by atoms with van der Waals surface area (Å²) in [4.78, 5) is 23.0. The number of benzene rings is 3. The molecule has 0 aliphatic heterocycles. The largest absolute Gasteiger partial charge is 0.350 e. The maximum absolute atomic E-state index is 12.3. The fourth-order valence-electron chi connectivity index (χ4n) is 2.65. The molecule has 0 aliphatic rings. The van der Waals surface area contributed by atoms with Crippen LogP contribution in [0.15, 0.2) is 66.7 Å². The molecule has 0 aliphatic carbocycles. The Kier molecular flexibility index (Phi) is 5.48. The monoisotopic (exact) mass is 383 g/mol. The number of hydrogen-bond donors (Lipinski definition) is 2. The lowest BCUT2D eigenvalue weighted by Crippen LogP contribution is -2.11. The van der Waals surface area contributed by atoms with Crippen molar-refractivity contribution in [2.24, 2.45) is 0 Å². The molecule has 0 spiro atoms. The van der Waals surface area contributed by atoms with Gasteiger partial charge in [0.2, 0.25) is 0 Å². The molecule has 0 saturated heterocycles. The summed E-state index contributed by atoms with van der Waals surface area (Å²) in [6.07, 6.45) is 0. The van der Waals surface area contributed by atoms with E-state index in [-0.39, 0.29) is 28.4 Å². The first kappa shape index (κ1) is 19.1. The molecule has 0 unspecified atom stereocenters. The summed E-state index contributed by atoms with van der Waals surface area (Å²) < 4.78 is 0. The molecule has 1 amide bonds. The third-order valence-electron chi connectivity index (χ3n) is 4.01. The number of nitriles is 2. The van der Waals surface area contributed by atoms with E-state index >= 15 is 0 Å². The number of nitro groups is 1. The first-order chi connectivity index (χ1) is 14.0.